The molecule has 0 spiro atoms. The van der Waals surface area contributed by atoms with Gasteiger partial charge in [0.2, 0.25) is 5.69 Å². The maximum absolute atomic E-state index is 10.7. The lowest BCUT2D eigenvalue weighted by atomic mass is 10.2. The smallest absolute Gasteiger partial charge is 0.320 e. The Balaban J connectivity index is 3.00. The Bertz CT molecular complexity index is 287. The maximum Gasteiger partial charge on any atom is 0.320 e. The second-order valence-corrected chi connectivity index (χ2v) is 2.09. The van der Waals surface area contributed by atoms with Crippen LogP contribution in [0.1, 0.15) is 24.7 Å². The molecule has 1 aromatic rings. The largest absolute Gasteiger partial charge is 0.359 e. The van der Waals surface area contributed by atoms with Gasteiger partial charge in [-0.2, -0.15) is 5.26 Å². The molecule has 58 valence electrons. The zero-order valence-corrected chi connectivity index (χ0v) is 6.07. The standard InChI is InChI=1S/C6H7N3O2/c1-2-3-6-5(4-7)8-11-9(6)10/h2-3H2,1H3. The van der Waals surface area contributed by atoms with Gasteiger partial charge in [0.05, 0.1) is 5.16 Å². The van der Waals surface area contributed by atoms with Crippen molar-refractivity contribution in [2.75, 3.05) is 0 Å². The highest BCUT2D eigenvalue weighted by Crippen LogP contribution is 2.01. The van der Waals surface area contributed by atoms with Gasteiger partial charge in [0.15, 0.2) is 6.07 Å². The van der Waals surface area contributed by atoms with Gasteiger partial charge in [-0.05, 0) is 11.3 Å². The summed E-state index contributed by atoms with van der Waals surface area (Å²) in [5.41, 5.74) is 0.400. The summed E-state index contributed by atoms with van der Waals surface area (Å²) in [5.74, 6) is 0. The van der Waals surface area contributed by atoms with Crippen LogP contribution in [-0.4, -0.2) is 5.16 Å². The molecule has 1 aromatic heterocycles. The Hall–Kier alpha value is -1.57. The van der Waals surface area contributed by atoms with E-state index in [9.17, 15) is 5.21 Å². The van der Waals surface area contributed by atoms with Crippen LogP contribution in [0.15, 0.2) is 4.63 Å². The molecule has 0 aliphatic carbocycles. The molecule has 5 nitrogen and oxygen atoms in total. The van der Waals surface area contributed by atoms with Crippen molar-refractivity contribution in [3.05, 3.63) is 16.6 Å². The normalized spacial score (nSPS) is 9.45. The molecule has 0 bridgehead atoms. The zero-order chi connectivity index (χ0) is 8.27. The number of hydrogen-bond donors (Lipinski definition) is 0. The molecule has 0 aliphatic heterocycles. The lowest BCUT2D eigenvalue weighted by molar-refractivity contribution is -0.807. The number of nitrogens with zero attached hydrogens (tertiary/aromatic N) is 3. The highest BCUT2D eigenvalue weighted by atomic mass is 16.8. The second kappa shape index (κ2) is 3.01. The first kappa shape index (κ1) is 7.54. The van der Waals surface area contributed by atoms with E-state index in [0.717, 1.165) is 6.42 Å². The lowest BCUT2D eigenvalue weighted by Crippen LogP contribution is -2.28. The van der Waals surface area contributed by atoms with Gasteiger partial charge in [-0.3, -0.25) is 4.63 Å². The SMILES string of the molecule is CCCc1c(C#N)no[n+]1[O-]. The van der Waals surface area contributed by atoms with Crippen molar-refractivity contribution in [3.63, 3.8) is 0 Å². The van der Waals surface area contributed by atoms with E-state index in [4.69, 9.17) is 5.26 Å². The molecule has 0 atom stereocenters. The van der Waals surface area contributed by atoms with Gasteiger partial charge >= 0.3 is 5.69 Å². The summed E-state index contributed by atoms with van der Waals surface area (Å²) in [4.78, 5) is 0.280. The monoisotopic (exact) mass is 153 g/mol. The molecule has 0 radical (unpaired) electrons. The third-order valence-electron chi connectivity index (χ3n) is 1.29. The van der Waals surface area contributed by atoms with E-state index < -0.39 is 0 Å². The molecular weight excluding hydrogens is 146 g/mol. The summed E-state index contributed by atoms with van der Waals surface area (Å²) in [6.45, 7) is 1.91. The number of rotatable bonds is 2. The maximum atomic E-state index is 10.7. The van der Waals surface area contributed by atoms with Crippen LogP contribution < -0.4 is 4.90 Å². The number of nitriles is 1. The van der Waals surface area contributed by atoms with Crippen molar-refractivity contribution in [3.8, 4) is 6.07 Å². The van der Waals surface area contributed by atoms with Gasteiger partial charge in [-0.25, -0.2) is 0 Å². The highest BCUT2D eigenvalue weighted by Gasteiger charge is 2.16. The predicted octanol–water partition coefficient (Wildman–Crippen LogP) is 0.132. The first-order valence-corrected chi connectivity index (χ1v) is 3.28. The van der Waals surface area contributed by atoms with Gasteiger partial charge in [0, 0.05) is 6.42 Å². The third-order valence-corrected chi connectivity index (χ3v) is 1.29. The summed E-state index contributed by atoms with van der Waals surface area (Å²) in [6, 6.07) is 1.78. The van der Waals surface area contributed by atoms with Crippen LogP contribution >= 0.6 is 0 Å². The summed E-state index contributed by atoms with van der Waals surface area (Å²) < 4.78 is 4.23. The fourth-order valence-electron chi connectivity index (χ4n) is 0.798. The highest BCUT2D eigenvalue weighted by molar-refractivity contribution is 5.20. The minimum Gasteiger partial charge on any atom is -0.359 e. The second-order valence-electron chi connectivity index (χ2n) is 2.09. The van der Waals surface area contributed by atoms with E-state index in [1.54, 1.807) is 6.07 Å². The summed E-state index contributed by atoms with van der Waals surface area (Å²) in [7, 11) is 0. The van der Waals surface area contributed by atoms with Crippen LogP contribution in [-0.2, 0) is 6.42 Å². The van der Waals surface area contributed by atoms with E-state index in [1.807, 2.05) is 6.92 Å². The van der Waals surface area contributed by atoms with Crippen molar-refractivity contribution in [2.24, 2.45) is 0 Å². The van der Waals surface area contributed by atoms with Gasteiger partial charge in [-0.15, -0.1) is 0 Å². The fraction of sp³-hybridized carbons (Fsp3) is 0.500. The van der Waals surface area contributed by atoms with Crippen LogP contribution in [0.5, 0.6) is 0 Å². The molecule has 0 N–H and O–H groups in total. The van der Waals surface area contributed by atoms with Crippen LogP contribution in [0, 0.1) is 16.5 Å². The molecular formula is C6H7N3O2. The van der Waals surface area contributed by atoms with E-state index >= 15 is 0 Å². The Morgan fingerprint density at radius 2 is 2.55 bits per heavy atom. The van der Waals surface area contributed by atoms with Gasteiger partial charge in [-0.1, -0.05) is 6.92 Å². The van der Waals surface area contributed by atoms with E-state index in [0.29, 0.717) is 12.1 Å². The Morgan fingerprint density at radius 3 is 3.09 bits per heavy atom. The molecule has 1 rings (SSSR count). The third kappa shape index (κ3) is 1.29. The molecule has 0 unspecified atom stereocenters. The molecule has 0 amide bonds. The quantitative estimate of drug-likeness (QED) is 0.566. The predicted molar refractivity (Wildman–Crippen MR) is 34.2 cm³/mol. The lowest BCUT2D eigenvalue weighted by Gasteiger charge is -1.89. The zero-order valence-electron chi connectivity index (χ0n) is 6.07. The van der Waals surface area contributed by atoms with Crippen LogP contribution in [0.3, 0.4) is 0 Å². The molecule has 0 aliphatic rings. The Labute approximate surface area is 63.4 Å². The molecule has 0 saturated carbocycles. The van der Waals surface area contributed by atoms with Crippen LogP contribution in [0.25, 0.3) is 0 Å². The van der Waals surface area contributed by atoms with Crippen molar-refractivity contribution >= 4 is 0 Å². The van der Waals surface area contributed by atoms with Gasteiger partial charge in [0.25, 0.3) is 0 Å². The first-order valence-electron chi connectivity index (χ1n) is 3.28. The van der Waals surface area contributed by atoms with Crippen molar-refractivity contribution in [1.29, 1.82) is 5.26 Å². The minimum absolute atomic E-state index is 0.0850. The molecule has 0 saturated heterocycles. The van der Waals surface area contributed by atoms with Gasteiger partial charge in [0.1, 0.15) is 0 Å². The topological polar surface area (TPSA) is 76.8 Å². The van der Waals surface area contributed by atoms with Crippen molar-refractivity contribution < 1.29 is 9.53 Å². The average Bonchev–Trinajstić information content (AvgIpc) is 2.34. The molecule has 1 heterocycles. The summed E-state index contributed by atoms with van der Waals surface area (Å²) >= 11 is 0. The van der Waals surface area contributed by atoms with Crippen molar-refractivity contribution in [2.45, 2.75) is 19.8 Å². The van der Waals surface area contributed by atoms with Gasteiger partial charge < -0.3 is 5.21 Å². The van der Waals surface area contributed by atoms with Crippen LogP contribution in [0.2, 0.25) is 0 Å². The van der Waals surface area contributed by atoms with Crippen LogP contribution in [0.4, 0.5) is 0 Å². The molecule has 11 heavy (non-hydrogen) atoms. The first-order chi connectivity index (χ1) is 5.29. The van der Waals surface area contributed by atoms with E-state index in [2.05, 4.69) is 9.79 Å². The fourth-order valence-corrected chi connectivity index (χ4v) is 0.798. The average molecular weight is 153 g/mol. The Morgan fingerprint density at radius 1 is 1.82 bits per heavy atom. The van der Waals surface area contributed by atoms with E-state index in [-0.39, 0.29) is 10.6 Å². The van der Waals surface area contributed by atoms with E-state index in [1.165, 1.54) is 0 Å². The minimum atomic E-state index is 0.0850. The number of hydrogen-bond acceptors (Lipinski definition) is 4. The summed E-state index contributed by atoms with van der Waals surface area (Å²) in [5, 5.41) is 22.4. The molecule has 5 heteroatoms. The number of aromatic nitrogens is 2. The molecule has 0 fully saturated rings. The van der Waals surface area contributed by atoms with Crippen molar-refractivity contribution in [1.82, 2.24) is 5.16 Å². The summed E-state index contributed by atoms with van der Waals surface area (Å²) in [6.07, 6.45) is 1.31. The Kier molecular flexibility index (Phi) is 2.06. The molecule has 0 aromatic carbocycles.